The van der Waals surface area contributed by atoms with E-state index in [0.29, 0.717) is 11.3 Å². The Morgan fingerprint density at radius 2 is 1.62 bits per heavy atom. The zero-order valence-corrected chi connectivity index (χ0v) is 11.7. The maximum Gasteiger partial charge on any atom is 0.254 e. The van der Waals surface area contributed by atoms with Crippen molar-refractivity contribution in [1.29, 1.82) is 0 Å². The van der Waals surface area contributed by atoms with Crippen molar-refractivity contribution in [2.45, 2.75) is 0 Å². The van der Waals surface area contributed by atoms with Gasteiger partial charge in [0.05, 0.1) is 11.3 Å². The van der Waals surface area contributed by atoms with Crippen LogP contribution in [0.3, 0.4) is 0 Å². The SMILES string of the molecule is CNC(=O)c1cn(-c2ccccc2)nc1-c1ccccc1. The molecule has 0 fully saturated rings. The molecule has 4 nitrogen and oxygen atoms in total. The maximum absolute atomic E-state index is 12.1. The van der Waals surface area contributed by atoms with E-state index < -0.39 is 0 Å². The van der Waals surface area contributed by atoms with Crippen molar-refractivity contribution in [1.82, 2.24) is 15.1 Å². The van der Waals surface area contributed by atoms with Gasteiger partial charge in [-0.2, -0.15) is 5.10 Å². The number of aromatic nitrogens is 2. The number of nitrogens with one attached hydrogen (secondary N) is 1. The summed E-state index contributed by atoms with van der Waals surface area (Å²) in [6, 6.07) is 19.5. The first-order valence-corrected chi connectivity index (χ1v) is 6.72. The van der Waals surface area contributed by atoms with Gasteiger partial charge in [-0.1, -0.05) is 48.5 Å². The highest BCUT2D eigenvalue weighted by atomic mass is 16.1. The van der Waals surface area contributed by atoms with Gasteiger partial charge in [-0.3, -0.25) is 4.79 Å². The van der Waals surface area contributed by atoms with Gasteiger partial charge in [-0.05, 0) is 12.1 Å². The molecule has 104 valence electrons. The normalized spacial score (nSPS) is 10.3. The molecule has 1 amide bonds. The summed E-state index contributed by atoms with van der Waals surface area (Å²) in [5, 5.41) is 7.24. The maximum atomic E-state index is 12.1. The van der Waals surface area contributed by atoms with Crippen molar-refractivity contribution in [3.05, 3.63) is 72.4 Å². The molecule has 0 aliphatic carbocycles. The highest BCUT2D eigenvalue weighted by Gasteiger charge is 2.17. The second-order valence-corrected chi connectivity index (χ2v) is 4.62. The van der Waals surface area contributed by atoms with E-state index in [1.54, 1.807) is 17.9 Å². The van der Waals surface area contributed by atoms with Gasteiger partial charge < -0.3 is 5.32 Å². The zero-order chi connectivity index (χ0) is 14.7. The summed E-state index contributed by atoms with van der Waals surface area (Å²) < 4.78 is 1.73. The molecular weight excluding hydrogens is 262 g/mol. The lowest BCUT2D eigenvalue weighted by Crippen LogP contribution is -2.17. The lowest BCUT2D eigenvalue weighted by molar-refractivity contribution is 0.0963. The van der Waals surface area contributed by atoms with E-state index in [-0.39, 0.29) is 5.91 Å². The minimum absolute atomic E-state index is 0.143. The Bertz CT molecular complexity index is 748. The number of carbonyl (C=O) groups is 1. The molecular formula is C17H15N3O. The number of rotatable bonds is 3. The molecule has 0 radical (unpaired) electrons. The first kappa shape index (κ1) is 13.1. The Balaban J connectivity index is 2.14. The summed E-state index contributed by atoms with van der Waals surface area (Å²) in [7, 11) is 1.62. The number of amides is 1. The standard InChI is InChI=1S/C17H15N3O/c1-18-17(21)15-12-20(14-10-6-3-7-11-14)19-16(15)13-8-4-2-5-9-13/h2-12H,1H3,(H,18,21). The number of benzene rings is 2. The molecule has 4 heteroatoms. The van der Waals surface area contributed by atoms with Crippen molar-refractivity contribution >= 4 is 5.91 Å². The molecule has 3 rings (SSSR count). The predicted octanol–water partition coefficient (Wildman–Crippen LogP) is 2.90. The van der Waals surface area contributed by atoms with Crippen molar-refractivity contribution in [2.24, 2.45) is 0 Å². The summed E-state index contributed by atoms with van der Waals surface area (Å²) in [6.07, 6.45) is 1.76. The fourth-order valence-electron chi connectivity index (χ4n) is 2.20. The van der Waals surface area contributed by atoms with Crippen LogP contribution >= 0.6 is 0 Å². The quantitative estimate of drug-likeness (QED) is 0.800. The second kappa shape index (κ2) is 5.63. The Morgan fingerprint density at radius 1 is 1.00 bits per heavy atom. The van der Waals surface area contributed by atoms with Crippen LogP contribution in [-0.2, 0) is 0 Å². The van der Waals surface area contributed by atoms with Gasteiger partial charge in [0.25, 0.3) is 5.91 Å². The smallest absolute Gasteiger partial charge is 0.254 e. The number of hydrogen-bond acceptors (Lipinski definition) is 2. The van der Waals surface area contributed by atoms with Crippen LogP contribution in [0, 0.1) is 0 Å². The van der Waals surface area contributed by atoms with Crippen molar-refractivity contribution in [3.63, 3.8) is 0 Å². The van der Waals surface area contributed by atoms with E-state index in [2.05, 4.69) is 10.4 Å². The summed E-state index contributed by atoms with van der Waals surface area (Å²) >= 11 is 0. The average molecular weight is 277 g/mol. The molecule has 0 spiro atoms. The Morgan fingerprint density at radius 3 is 2.24 bits per heavy atom. The third kappa shape index (κ3) is 2.56. The Labute approximate surface area is 123 Å². The van der Waals surface area contributed by atoms with Gasteiger partial charge in [0.15, 0.2) is 0 Å². The van der Waals surface area contributed by atoms with Crippen LogP contribution in [0.25, 0.3) is 16.9 Å². The van der Waals surface area contributed by atoms with Gasteiger partial charge in [0, 0.05) is 18.8 Å². The molecule has 0 aliphatic rings. The first-order valence-electron chi connectivity index (χ1n) is 6.72. The van der Waals surface area contributed by atoms with Gasteiger partial charge in [-0.25, -0.2) is 4.68 Å². The molecule has 1 N–H and O–H groups in total. The summed E-state index contributed by atoms with van der Waals surface area (Å²) in [6.45, 7) is 0. The number of carbonyl (C=O) groups excluding carboxylic acids is 1. The van der Waals surface area contributed by atoms with Gasteiger partial charge in [0.1, 0.15) is 5.69 Å². The van der Waals surface area contributed by atoms with E-state index in [9.17, 15) is 4.79 Å². The van der Waals surface area contributed by atoms with E-state index in [1.807, 2.05) is 60.7 Å². The van der Waals surface area contributed by atoms with Crippen LogP contribution in [0.5, 0.6) is 0 Å². The van der Waals surface area contributed by atoms with Gasteiger partial charge in [0.2, 0.25) is 0 Å². The van der Waals surface area contributed by atoms with E-state index >= 15 is 0 Å². The van der Waals surface area contributed by atoms with Gasteiger partial charge >= 0.3 is 0 Å². The molecule has 1 aromatic heterocycles. The van der Waals surface area contributed by atoms with Crippen LogP contribution in [0.1, 0.15) is 10.4 Å². The summed E-state index contributed by atoms with van der Waals surface area (Å²) in [4.78, 5) is 12.1. The minimum atomic E-state index is -0.143. The van der Waals surface area contributed by atoms with Crippen LogP contribution in [0.4, 0.5) is 0 Å². The molecule has 0 aliphatic heterocycles. The summed E-state index contributed by atoms with van der Waals surface area (Å²) in [5.74, 6) is -0.143. The third-order valence-corrected chi connectivity index (χ3v) is 3.25. The van der Waals surface area contributed by atoms with Crippen LogP contribution in [0.2, 0.25) is 0 Å². The molecule has 0 saturated carbocycles. The first-order chi connectivity index (χ1) is 10.3. The second-order valence-electron chi connectivity index (χ2n) is 4.62. The Kier molecular flexibility index (Phi) is 3.51. The fourth-order valence-corrected chi connectivity index (χ4v) is 2.20. The van der Waals surface area contributed by atoms with Gasteiger partial charge in [-0.15, -0.1) is 0 Å². The van der Waals surface area contributed by atoms with Crippen molar-refractivity contribution in [3.8, 4) is 16.9 Å². The molecule has 3 aromatic rings. The fraction of sp³-hybridized carbons (Fsp3) is 0.0588. The largest absolute Gasteiger partial charge is 0.355 e. The van der Waals surface area contributed by atoms with E-state index in [4.69, 9.17) is 0 Å². The van der Waals surface area contributed by atoms with Crippen LogP contribution in [0.15, 0.2) is 66.9 Å². The molecule has 0 unspecified atom stereocenters. The van der Waals surface area contributed by atoms with E-state index in [1.165, 1.54) is 0 Å². The van der Waals surface area contributed by atoms with E-state index in [0.717, 1.165) is 11.3 Å². The molecule has 2 aromatic carbocycles. The highest BCUT2D eigenvalue weighted by Crippen LogP contribution is 2.23. The van der Waals surface area contributed by atoms with Crippen LogP contribution in [-0.4, -0.2) is 22.7 Å². The van der Waals surface area contributed by atoms with Crippen molar-refractivity contribution < 1.29 is 4.79 Å². The number of hydrogen-bond donors (Lipinski definition) is 1. The molecule has 1 heterocycles. The molecule has 0 saturated heterocycles. The summed E-state index contributed by atoms with van der Waals surface area (Å²) in [5.41, 5.74) is 3.09. The Hall–Kier alpha value is -2.88. The lowest BCUT2D eigenvalue weighted by Gasteiger charge is -2.00. The predicted molar refractivity (Wildman–Crippen MR) is 82.4 cm³/mol. The minimum Gasteiger partial charge on any atom is -0.355 e. The van der Waals surface area contributed by atoms with Crippen molar-refractivity contribution in [2.75, 3.05) is 7.05 Å². The lowest BCUT2D eigenvalue weighted by atomic mass is 10.1. The third-order valence-electron chi connectivity index (χ3n) is 3.25. The average Bonchev–Trinajstić information content (AvgIpc) is 3.01. The zero-order valence-electron chi connectivity index (χ0n) is 11.7. The monoisotopic (exact) mass is 277 g/mol. The number of nitrogens with zero attached hydrogens (tertiary/aromatic N) is 2. The number of para-hydroxylation sites is 1. The molecule has 0 bridgehead atoms. The molecule has 21 heavy (non-hydrogen) atoms. The van der Waals surface area contributed by atoms with Crippen LogP contribution < -0.4 is 5.32 Å². The topological polar surface area (TPSA) is 46.9 Å². The molecule has 0 atom stereocenters. The highest BCUT2D eigenvalue weighted by molar-refractivity contribution is 5.99.